The van der Waals surface area contributed by atoms with Crippen molar-refractivity contribution in [1.29, 1.82) is 0 Å². The third kappa shape index (κ3) is 4.01. The molecule has 0 fully saturated rings. The van der Waals surface area contributed by atoms with Gasteiger partial charge in [-0.2, -0.15) is 0 Å². The Balaban J connectivity index is 1.92. The normalized spacial score (nSPS) is 12.3. The summed E-state index contributed by atoms with van der Waals surface area (Å²) in [5.41, 5.74) is 7.11. The molecule has 1 aromatic heterocycles. The van der Waals surface area contributed by atoms with Gasteiger partial charge in [-0.25, -0.2) is 0 Å². The molecule has 100 valence electrons. The number of hydrogen-bond acceptors (Lipinski definition) is 3. The SMILES string of the molecule is CCc1ccc(CC(=O)C(N)Cc2ccccc2)s1. The summed E-state index contributed by atoms with van der Waals surface area (Å²) in [6.45, 7) is 2.12. The fraction of sp³-hybridized carbons (Fsp3) is 0.312. The molecule has 2 nitrogen and oxygen atoms in total. The van der Waals surface area contributed by atoms with Gasteiger partial charge in [-0.3, -0.25) is 4.79 Å². The molecule has 0 saturated heterocycles. The minimum atomic E-state index is -0.408. The molecule has 1 atom stereocenters. The van der Waals surface area contributed by atoms with E-state index < -0.39 is 6.04 Å². The molecule has 0 aliphatic carbocycles. The van der Waals surface area contributed by atoms with Gasteiger partial charge < -0.3 is 5.73 Å². The number of carbonyl (C=O) groups excluding carboxylic acids is 1. The van der Waals surface area contributed by atoms with Gasteiger partial charge in [-0.15, -0.1) is 11.3 Å². The Labute approximate surface area is 118 Å². The molecule has 1 unspecified atom stereocenters. The number of ketones is 1. The second-order valence-electron chi connectivity index (χ2n) is 4.66. The zero-order chi connectivity index (χ0) is 13.7. The maximum atomic E-state index is 12.1. The first kappa shape index (κ1) is 14.0. The number of carbonyl (C=O) groups is 1. The summed E-state index contributed by atoms with van der Waals surface area (Å²) in [7, 11) is 0. The van der Waals surface area contributed by atoms with Crippen LogP contribution in [0.15, 0.2) is 42.5 Å². The van der Waals surface area contributed by atoms with Gasteiger partial charge in [0, 0.05) is 16.2 Å². The number of thiophene rings is 1. The summed E-state index contributed by atoms with van der Waals surface area (Å²) in [5, 5.41) is 0. The van der Waals surface area contributed by atoms with E-state index in [9.17, 15) is 4.79 Å². The Morgan fingerprint density at radius 3 is 2.47 bits per heavy atom. The van der Waals surface area contributed by atoms with Crippen LogP contribution in [0.2, 0.25) is 0 Å². The molecule has 0 amide bonds. The lowest BCUT2D eigenvalue weighted by molar-refractivity contribution is -0.119. The van der Waals surface area contributed by atoms with Crippen molar-refractivity contribution in [2.75, 3.05) is 0 Å². The fourth-order valence-corrected chi connectivity index (χ4v) is 2.96. The van der Waals surface area contributed by atoms with Crippen LogP contribution in [0.3, 0.4) is 0 Å². The Morgan fingerprint density at radius 1 is 1.16 bits per heavy atom. The van der Waals surface area contributed by atoms with Gasteiger partial charge in [-0.1, -0.05) is 37.3 Å². The van der Waals surface area contributed by atoms with Crippen LogP contribution in [0, 0.1) is 0 Å². The molecule has 1 heterocycles. The summed E-state index contributed by atoms with van der Waals surface area (Å²) in [5.74, 6) is 0.119. The largest absolute Gasteiger partial charge is 0.321 e. The first-order valence-electron chi connectivity index (χ1n) is 6.59. The minimum absolute atomic E-state index is 0.119. The van der Waals surface area contributed by atoms with E-state index in [1.54, 1.807) is 11.3 Å². The number of hydrogen-bond donors (Lipinski definition) is 1. The highest BCUT2D eigenvalue weighted by Crippen LogP contribution is 2.18. The van der Waals surface area contributed by atoms with E-state index in [0.717, 1.165) is 16.9 Å². The quantitative estimate of drug-likeness (QED) is 0.879. The van der Waals surface area contributed by atoms with Crippen LogP contribution in [0.5, 0.6) is 0 Å². The van der Waals surface area contributed by atoms with Gasteiger partial charge in [0.25, 0.3) is 0 Å². The van der Waals surface area contributed by atoms with E-state index in [1.807, 2.05) is 36.4 Å². The Kier molecular flexibility index (Phi) is 4.88. The molecule has 3 heteroatoms. The standard InChI is InChI=1S/C16H19NOS/c1-2-13-8-9-14(19-13)11-16(18)15(17)10-12-6-4-3-5-7-12/h3-9,15H,2,10-11,17H2,1H3. The summed E-state index contributed by atoms with van der Waals surface area (Å²) in [6.07, 6.45) is 2.10. The molecular formula is C16H19NOS. The summed E-state index contributed by atoms with van der Waals surface area (Å²) in [4.78, 5) is 14.5. The predicted molar refractivity (Wildman–Crippen MR) is 80.5 cm³/mol. The highest BCUT2D eigenvalue weighted by Gasteiger charge is 2.15. The lowest BCUT2D eigenvalue weighted by Gasteiger charge is -2.09. The summed E-state index contributed by atoms with van der Waals surface area (Å²) < 4.78 is 0. The van der Waals surface area contributed by atoms with E-state index >= 15 is 0 Å². The number of rotatable bonds is 6. The van der Waals surface area contributed by atoms with Crippen LogP contribution in [0.25, 0.3) is 0 Å². The number of aryl methyl sites for hydroxylation is 1. The topological polar surface area (TPSA) is 43.1 Å². The second-order valence-corrected chi connectivity index (χ2v) is 5.91. The molecule has 2 N–H and O–H groups in total. The minimum Gasteiger partial charge on any atom is -0.321 e. The van der Waals surface area contributed by atoms with E-state index in [2.05, 4.69) is 13.0 Å². The molecule has 0 saturated carbocycles. The summed E-state index contributed by atoms with van der Waals surface area (Å²) >= 11 is 1.71. The highest BCUT2D eigenvalue weighted by molar-refractivity contribution is 7.12. The zero-order valence-electron chi connectivity index (χ0n) is 11.1. The molecule has 19 heavy (non-hydrogen) atoms. The van der Waals surface area contributed by atoms with E-state index in [1.165, 1.54) is 4.88 Å². The molecule has 0 radical (unpaired) electrons. The van der Waals surface area contributed by atoms with Crippen molar-refractivity contribution in [3.63, 3.8) is 0 Å². The second kappa shape index (κ2) is 6.64. The molecule has 2 rings (SSSR count). The van der Waals surface area contributed by atoms with Crippen LogP contribution in [0.1, 0.15) is 22.2 Å². The van der Waals surface area contributed by atoms with Crippen molar-refractivity contribution in [2.45, 2.75) is 32.2 Å². The molecular weight excluding hydrogens is 254 g/mol. The molecule has 0 aliphatic rings. The Morgan fingerprint density at radius 2 is 1.84 bits per heavy atom. The third-order valence-corrected chi connectivity index (χ3v) is 4.36. The fourth-order valence-electron chi connectivity index (χ4n) is 1.99. The van der Waals surface area contributed by atoms with E-state index in [4.69, 9.17) is 5.73 Å². The maximum Gasteiger partial charge on any atom is 0.155 e. The van der Waals surface area contributed by atoms with Crippen molar-refractivity contribution in [3.05, 3.63) is 57.8 Å². The number of nitrogens with two attached hydrogens (primary N) is 1. The van der Waals surface area contributed by atoms with Crippen molar-refractivity contribution < 1.29 is 4.79 Å². The van der Waals surface area contributed by atoms with Crippen LogP contribution >= 0.6 is 11.3 Å². The lowest BCUT2D eigenvalue weighted by Crippen LogP contribution is -2.33. The van der Waals surface area contributed by atoms with Crippen molar-refractivity contribution in [3.8, 4) is 0 Å². The predicted octanol–water partition coefficient (Wildman–Crippen LogP) is 2.99. The lowest BCUT2D eigenvalue weighted by atomic mass is 10.0. The zero-order valence-corrected chi connectivity index (χ0v) is 12.0. The van der Waals surface area contributed by atoms with Crippen LogP contribution in [0.4, 0.5) is 0 Å². The van der Waals surface area contributed by atoms with Crippen LogP contribution in [-0.4, -0.2) is 11.8 Å². The van der Waals surface area contributed by atoms with E-state index in [0.29, 0.717) is 12.8 Å². The number of benzene rings is 1. The molecule has 0 spiro atoms. The van der Waals surface area contributed by atoms with Gasteiger partial charge in [0.1, 0.15) is 0 Å². The smallest absolute Gasteiger partial charge is 0.155 e. The van der Waals surface area contributed by atoms with E-state index in [-0.39, 0.29) is 5.78 Å². The van der Waals surface area contributed by atoms with Gasteiger partial charge in [0.15, 0.2) is 5.78 Å². The van der Waals surface area contributed by atoms with Crippen LogP contribution in [-0.2, 0) is 24.1 Å². The molecule has 1 aromatic carbocycles. The first-order valence-corrected chi connectivity index (χ1v) is 7.40. The first-order chi connectivity index (χ1) is 9.19. The Hall–Kier alpha value is -1.45. The highest BCUT2D eigenvalue weighted by atomic mass is 32.1. The average Bonchev–Trinajstić information content (AvgIpc) is 2.87. The van der Waals surface area contributed by atoms with Gasteiger partial charge >= 0.3 is 0 Å². The Bertz CT molecular complexity index is 533. The monoisotopic (exact) mass is 273 g/mol. The maximum absolute atomic E-state index is 12.1. The van der Waals surface area contributed by atoms with Crippen molar-refractivity contribution in [2.24, 2.45) is 5.73 Å². The molecule has 2 aromatic rings. The number of Topliss-reactive ketones (excluding diaryl/α,β-unsaturated/α-hetero) is 1. The average molecular weight is 273 g/mol. The van der Waals surface area contributed by atoms with Crippen molar-refractivity contribution in [1.82, 2.24) is 0 Å². The van der Waals surface area contributed by atoms with Gasteiger partial charge in [0.05, 0.1) is 6.04 Å². The van der Waals surface area contributed by atoms with Crippen molar-refractivity contribution >= 4 is 17.1 Å². The molecule has 0 bridgehead atoms. The third-order valence-electron chi connectivity index (χ3n) is 3.13. The van der Waals surface area contributed by atoms with Gasteiger partial charge in [-0.05, 0) is 30.5 Å². The summed E-state index contributed by atoms with van der Waals surface area (Å²) in [6, 6.07) is 13.6. The molecule has 0 aliphatic heterocycles. The van der Waals surface area contributed by atoms with Crippen LogP contribution < -0.4 is 5.73 Å². The van der Waals surface area contributed by atoms with Gasteiger partial charge in [0.2, 0.25) is 0 Å².